The smallest absolute Gasteiger partial charge is 0.316 e. The number of hydrogen-bond acceptors (Lipinski definition) is 7. The van der Waals surface area contributed by atoms with Crippen molar-refractivity contribution < 1.29 is 23.6 Å². The SMILES string of the molecule is COc1ccc(CNC(=O)[C@H](C)OC(=O)CSCc2c(C)noc2C)cc1. The third-order valence-electron chi connectivity index (χ3n) is 3.95. The van der Waals surface area contributed by atoms with Gasteiger partial charge >= 0.3 is 5.97 Å². The van der Waals surface area contributed by atoms with E-state index < -0.39 is 12.1 Å². The second-order valence-electron chi connectivity index (χ2n) is 5.99. The molecule has 0 spiro atoms. The number of carbonyl (C=O) groups is 2. The Balaban J connectivity index is 1.70. The summed E-state index contributed by atoms with van der Waals surface area (Å²) in [5, 5.41) is 6.63. The van der Waals surface area contributed by atoms with Crippen LogP contribution in [0.5, 0.6) is 5.75 Å². The van der Waals surface area contributed by atoms with Crippen LogP contribution >= 0.6 is 11.8 Å². The lowest BCUT2D eigenvalue weighted by Crippen LogP contribution is -2.35. The summed E-state index contributed by atoms with van der Waals surface area (Å²) in [7, 11) is 1.60. The summed E-state index contributed by atoms with van der Waals surface area (Å²) in [5.74, 6) is 1.49. The number of carbonyl (C=O) groups excluding carboxylic acids is 2. The number of rotatable bonds is 9. The van der Waals surface area contributed by atoms with Gasteiger partial charge in [0.2, 0.25) is 0 Å². The fourth-order valence-corrected chi connectivity index (χ4v) is 3.26. The molecule has 1 heterocycles. The standard InChI is InChI=1S/C19H24N2O5S/c1-12-17(13(2)26-21-12)10-27-11-18(22)25-14(3)19(23)20-9-15-5-7-16(24-4)8-6-15/h5-8,14H,9-11H2,1-4H3,(H,20,23)/t14-/m0/s1. The summed E-state index contributed by atoms with van der Waals surface area (Å²) >= 11 is 1.40. The van der Waals surface area contributed by atoms with Crippen LogP contribution in [-0.2, 0) is 26.6 Å². The van der Waals surface area contributed by atoms with Crippen LogP contribution in [-0.4, -0.2) is 36.0 Å². The Morgan fingerprint density at radius 1 is 1.26 bits per heavy atom. The number of thioether (sulfide) groups is 1. The van der Waals surface area contributed by atoms with Gasteiger partial charge in [0.05, 0.1) is 18.6 Å². The molecule has 2 aromatic rings. The number of nitrogens with one attached hydrogen (secondary N) is 1. The number of nitrogens with zero attached hydrogens (tertiary/aromatic N) is 1. The summed E-state index contributed by atoms with van der Waals surface area (Å²) in [6, 6.07) is 7.37. The van der Waals surface area contributed by atoms with Gasteiger partial charge in [0.15, 0.2) is 6.10 Å². The number of aryl methyl sites for hydroxylation is 2. The Kier molecular flexibility index (Phi) is 7.72. The summed E-state index contributed by atoms with van der Waals surface area (Å²) in [4.78, 5) is 24.0. The van der Waals surface area contributed by atoms with Crippen molar-refractivity contribution in [2.24, 2.45) is 0 Å². The summed E-state index contributed by atoms with van der Waals surface area (Å²) in [5.41, 5.74) is 2.73. The molecule has 1 amide bonds. The Hall–Kier alpha value is -2.48. The Labute approximate surface area is 162 Å². The second-order valence-corrected chi connectivity index (χ2v) is 6.98. The highest BCUT2D eigenvalue weighted by Crippen LogP contribution is 2.19. The van der Waals surface area contributed by atoms with Crippen LogP contribution in [0.2, 0.25) is 0 Å². The number of ether oxygens (including phenoxy) is 2. The van der Waals surface area contributed by atoms with E-state index in [1.165, 1.54) is 11.8 Å². The number of esters is 1. The van der Waals surface area contributed by atoms with Crippen LogP contribution < -0.4 is 10.1 Å². The molecule has 0 saturated carbocycles. The molecule has 0 radical (unpaired) electrons. The van der Waals surface area contributed by atoms with Crippen molar-refractivity contribution in [3.8, 4) is 5.75 Å². The van der Waals surface area contributed by atoms with Crippen LogP contribution in [0, 0.1) is 13.8 Å². The molecule has 0 aliphatic heterocycles. The first kappa shape index (κ1) is 20.8. The van der Waals surface area contributed by atoms with Crippen molar-refractivity contribution >= 4 is 23.6 Å². The third kappa shape index (κ3) is 6.32. The van der Waals surface area contributed by atoms with Crippen molar-refractivity contribution in [2.75, 3.05) is 12.9 Å². The van der Waals surface area contributed by atoms with Crippen molar-refractivity contribution in [1.29, 1.82) is 0 Å². The summed E-state index contributed by atoms with van der Waals surface area (Å²) in [6.45, 7) is 5.61. The zero-order valence-electron chi connectivity index (χ0n) is 15.9. The molecule has 1 N–H and O–H groups in total. The zero-order valence-corrected chi connectivity index (χ0v) is 16.7. The third-order valence-corrected chi connectivity index (χ3v) is 4.88. The first-order valence-corrected chi connectivity index (χ1v) is 9.65. The monoisotopic (exact) mass is 392 g/mol. The Morgan fingerprint density at radius 3 is 2.56 bits per heavy atom. The van der Waals surface area contributed by atoms with Crippen LogP contribution in [0.3, 0.4) is 0 Å². The quantitative estimate of drug-likeness (QED) is 0.656. The number of hydrogen-bond donors (Lipinski definition) is 1. The number of benzene rings is 1. The van der Waals surface area contributed by atoms with Gasteiger partial charge in [-0.2, -0.15) is 0 Å². The van der Waals surface area contributed by atoms with Gasteiger partial charge in [0.25, 0.3) is 5.91 Å². The van der Waals surface area contributed by atoms with Crippen molar-refractivity contribution in [1.82, 2.24) is 10.5 Å². The summed E-state index contributed by atoms with van der Waals surface area (Å²) < 4.78 is 15.4. The molecule has 7 nitrogen and oxygen atoms in total. The highest BCUT2D eigenvalue weighted by molar-refractivity contribution is 7.99. The van der Waals surface area contributed by atoms with Gasteiger partial charge in [-0.25, -0.2) is 0 Å². The van der Waals surface area contributed by atoms with E-state index in [0.29, 0.717) is 12.3 Å². The molecule has 0 saturated heterocycles. The Bertz CT molecular complexity index is 753. The highest BCUT2D eigenvalue weighted by Gasteiger charge is 2.18. The van der Waals surface area contributed by atoms with Crippen LogP contribution in [0.4, 0.5) is 0 Å². The van der Waals surface area contributed by atoms with Crippen molar-refractivity contribution in [3.63, 3.8) is 0 Å². The van der Waals surface area contributed by atoms with E-state index in [0.717, 1.165) is 28.3 Å². The second kappa shape index (κ2) is 10.0. The van der Waals surface area contributed by atoms with Crippen LogP contribution in [0.25, 0.3) is 0 Å². The molecule has 146 valence electrons. The summed E-state index contributed by atoms with van der Waals surface area (Å²) in [6.07, 6.45) is -0.851. The predicted octanol–water partition coefficient (Wildman–Crippen LogP) is 2.78. The van der Waals surface area contributed by atoms with Gasteiger partial charge in [-0.05, 0) is 38.5 Å². The maximum atomic E-state index is 12.1. The zero-order chi connectivity index (χ0) is 19.8. The molecule has 0 fully saturated rings. The lowest BCUT2D eigenvalue weighted by Gasteiger charge is -2.13. The molecule has 8 heteroatoms. The van der Waals surface area contributed by atoms with Gasteiger partial charge in [0, 0.05) is 17.9 Å². The molecule has 0 aliphatic rings. The lowest BCUT2D eigenvalue weighted by molar-refractivity contribution is -0.152. The largest absolute Gasteiger partial charge is 0.497 e. The van der Waals surface area contributed by atoms with E-state index in [4.69, 9.17) is 14.0 Å². The average Bonchev–Trinajstić information content (AvgIpc) is 2.98. The van der Waals surface area contributed by atoms with Gasteiger partial charge < -0.3 is 19.3 Å². The van der Waals surface area contributed by atoms with E-state index in [1.807, 2.05) is 38.1 Å². The van der Waals surface area contributed by atoms with Gasteiger partial charge in [0.1, 0.15) is 11.5 Å². The molecular formula is C19H24N2O5S. The number of amides is 1. The number of methoxy groups -OCH3 is 1. The minimum absolute atomic E-state index is 0.153. The van der Waals surface area contributed by atoms with E-state index in [-0.39, 0.29) is 11.7 Å². The highest BCUT2D eigenvalue weighted by atomic mass is 32.2. The molecule has 2 rings (SSSR count). The van der Waals surface area contributed by atoms with Gasteiger partial charge in [-0.15, -0.1) is 11.8 Å². The minimum atomic E-state index is -0.851. The predicted molar refractivity (Wildman–Crippen MR) is 103 cm³/mol. The normalized spacial score (nSPS) is 11.7. The lowest BCUT2D eigenvalue weighted by atomic mass is 10.2. The van der Waals surface area contributed by atoms with Gasteiger partial charge in [-0.1, -0.05) is 17.3 Å². The van der Waals surface area contributed by atoms with Crippen molar-refractivity contribution in [3.05, 3.63) is 46.8 Å². The van der Waals surface area contributed by atoms with E-state index >= 15 is 0 Å². The molecular weight excluding hydrogens is 368 g/mol. The van der Waals surface area contributed by atoms with E-state index in [9.17, 15) is 9.59 Å². The van der Waals surface area contributed by atoms with Crippen LogP contribution in [0.15, 0.2) is 28.8 Å². The Morgan fingerprint density at radius 2 is 1.96 bits per heavy atom. The van der Waals surface area contributed by atoms with E-state index in [1.54, 1.807) is 14.0 Å². The maximum Gasteiger partial charge on any atom is 0.316 e. The molecule has 0 aliphatic carbocycles. The maximum absolute atomic E-state index is 12.1. The molecule has 0 bridgehead atoms. The average molecular weight is 392 g/mol. The molecule has 1 aromatic carbocycles. The molecule has 1 aromatic heterocycles. The first-order chi connectivity index (χ1) is 12.9. The number of aromatic nitrogens is 1. The van der Waals surface area contributed by atoms with Gasteiger partial charge in [-0.3, -0.25) is 9.59 Å². The van der Waals surface area contributed by atoms with Crippen molar-refractivity contribution in [2.45, 2.75) is 39.2 Å². The van der Waals surface area contributed by atoms with E-state index in [2.05, 4.69) is 10.5 Å². The molecule has 1 atom stereocenters. The fourth-order valence-electron chi connectivity index (χ4n) is 2.31. The van der Waals surface area contributed by atoms with Crippen LogP contribution in [0.1, 0.15) is 29.5 Å². The topological polar surface area (TPSA) is 90.7 Å². The molecule has 0 unspecified atom stereocenters. The molecule has 27 heavy (non-hydrogen) atoms. The minimum Gasteiger partial charge on any atom is -0.497 e. The first-order valence-electron chi connectivity index (χ1n) is 8.50. The fraction of sp³-hybridized carbons (Fsp3) is 0.421.